The lowest BCUT2D eigenvalue weighted by atomic mass is 10.0. The summed E-state index contributed by atoms with van der Waals surface area (Å²) < 4.78 is 30.6. The van der Waals surface area contributed by atoms with Gasteiger partial charge in [0.1, 0.15) is 23.0 Å². The van der Waals surface area contributed by atoms with Gasteiger partial charge in [0.2, 0.25) is 0 Å². The van der Waals surface area contributed by atoms with Gasteiger partial charge in [0.15, 0.2) is 11.0 Å². The Balaban J connectivity index is 1.13. The van der Waals surface area contributed by atoms with Gasteiger partial charge in [0.05, 0.1) is 0 Å². The van der Waals surface area contributed by atoms with Crippen LogP contribution in [-0.4, -0.2) is 68.5 Å². The van der Waals surface area contributed by atoms with Crippen LogP contribution in [0.4, 0.5) is 14.5 Å². The number of thioether (sulfide) groups is 1. The first-order valence-corrected chi connectivity index (χ1v) is 12.6. The van der Waals surface area contributed by atoms with Crippen LogP contribution in [0.5, 0.6) is 0 Å². The second-order valence-electron chi connectivity index (χ2n) is 9.00. The average molecular weight is 500 g/mol. The molecule has 3 aromatic rings. The first-order valence-electron chi connectivity index (χ1n) is 11.6. The smallest absolute Gasteiger partial charge is 0.267 e. The van der Waals surface area contributed by atoms with Gasteiger partial charge in [-0.25, -0.2) is 8.78 Å². The van der Waals surface area contributed by atoms with Crippen molar-refractivity contribution in [2.75, 3.05) is 36.8 Å². The van der Waals surface area contributed by atoms with Crippen molar-refractivity contribution in [3.8, 4) is 11.4 Å². The molecule has 0 saturated carbocycles. The van der Waals surface area contributed by atoms with Gasteiger partial charge in [0, 0.05) is 50.2 Å². The Hall–Kier alpha value is -3.05. The number of hydrogen-bond donors (Lipinski definition) is 1. The molecule has 1 amide bonds. The highest BCUT2D eigenvalue weighted by atomic mass is 32.2. The molecule has 0 spiro atoms. The van der Waals surface area contributed by atoms with E-state index in [1.54, 1.807) is 30.1 Å². The Morgan fingerprint density at radius 1 is 1.17 bits per heavy atom. The highest BCUT2D eigenvalue weighted by molar-refractivity contribution is 7.99. The predicted octanol–water partition coefficient (Wildman–Crippen LogP) is 2.95. The molecule has 0 bridgehead atoms. The van der Waals surface area contributed by atoms with Crippen LogP contribution in [0.3, 0.4) is 0 Å². The van der Waals surface area contributed by atoms with Crippen LogP contribution < -0.4 is 10.6 Å². The maximum atomic E-state index is 14.3. The lowest BCUT2D eigenvalue weighted by molar-refractivity contribution is 0.0995. The number of anilines is 1. The van der Waals surface area contributed by atoms with E-state index in [9.17, 15) is 13.6 Å². The molecule has 2 atom stereocenters. The van der Waals surface area contributed by atoms with E-state index < -0.39 is 17.5 Å². The third-order valence-electron chi connectivity index (χ3n) is 6.81. The van der Waals surface area contributed by atoms with Crippen LogP contribution >= 0.6 is 11.8 Å². The highest BCUT2D eigenvalue weighted by Gasteiger charge is 2.42. The number of pyridine rings is 1. The Bertz CT molecular complexity index is 1200. The molecule has 4 heterocycles. The molecule has 1 unspecified atom stereocenters. The van der Waals surface area contributed by atoms with Crippen LogP contribution in [0.2, 0.25) is 0 Å². The minimum Gasteiger partial charge on any atom is -0.364 e. The summed E-state index contributed by atoms with van der Waals surface area (Å²) in [7, 11) is 1.90. The summed E-state index contributed by atoms with van der Waals surface area (Å²) in [5.74, 6) is 0.453. The van der Waals surface area contributed by atoms with E-state index >= 15 is 0 Å². The Kier molecular flexibility index (Phi) is 6.70. The third kappa shape index (κ3) is 4.74. The number of benzene rings is 1. The summed E-state index contributed by atoms with van der Waals surface area (Å²) in [6.45, 7) is 3.42. The van der Waals surface area contributed by atoms with Gasteiger partial charge in [-0.1, -0.05) is 17.8 Å². The number of carbonyl (C=O) groups excluding carboxylic acids is 1. The summed E-state index contributed by atoms with van der Waals surface area (Å²) in [6.07, 6.45) is 3.50. The summed E-state index contributed by atoms with van der Waals surface area (Å²) in [6, 6.07) is 7.57. The fourth-order valence-electron chi connectivity index (χ4n) is 5.09. The van der Waals surface area contributed by atoms with E-state index in [0.29, 0.717) is 18.3 Å². The number of halogens is 2. The van der Waals surface area contributed by atoms with Crippen molar-refractivity contribution in [3.63, 3.8) is 0 Å². The summed E-state index contributed by atoms with van der Waals surface area (Å²) >= 11 is 1.64. The maximum Gasteiger partial charge on any atom is 0.267 e. The monoisotopic (exact) mass is 499 g/mol. The minimum atomic E-state index is -0.570. The van der Waals surface area contributed by atoms with Gasteiger partial charge in [-0.3, -0.25) is 9.78 Å². The summed E-state index contributed by atoms with van der Waals surface area (Å²) in [4.78, 5) is 19.6. The van der Waals surface area contributed by atoms with Gasteiger partial charge in [0.25, 0.3) is 5.91 Å². The lowest BCUT2D eigenvalue weighted by Crippen LogP contribution is -2.36. The Labute approximate surface area is 206 Å². The zero-order valence-electron chi connectivity index (χ0n) is 19.4. The van der Waals surface area contributed by atoms with Crippen LogP contribution in [-0.2, 0) is 7.05 Å². The quantitative estimate of drug-likeness (QED) is 0.376. The number of likely N-dealkylation sites (tertiary alicyclic amines) is 1. The van der Waals surface area contributed by atoms with Crippen molar-refractivity contribution in [2.24, 2.45) is 18.7 Å². The number of nitrogens with two attached hydrogens (primary N) is 1. The first-order chi connectivity index (χ1) is 16.9. The molecule has 2 aliphatic rings. The van der Waals surface area contributed by atoms with E-state index in [1.165, 1.54) is 18.2 Å². The van der Waals surface area contributed by atoms with Crippen molar-refractivity contribution in [1.29, 1.82) is 0 Å². The number of hydrogen-bond acceptors (Lipinski definition) is 7. The molecule has 8 nitrogen and oxygen atoms in total. The molecular formula is C24H27F2N7OS. The first kappa shape index (κ1) is 23.7. The highest BCUT2D eigenvalue weighted by Crippen LogP contribution is 2.37. The largest absolute Gasteiger partial charge is 0.364 e. The van der Waals surface area contributed by atoms with Gasteiger partial charge < -0.3 is 20.1 Å². The standard InChI is InChI=1S/C24H27F2N7OS/c1-31-23(15-6-7-19(22(27)34)28-12-15)29-30-24(31)35-11-3-9-32-13-16-8-10-33(20(16)14-32)21-17(25)4-2-5-18(21)26/h2,4-7,12,16,20H,3,8-11,13-14H2,1H3,(H2,27,34)/t16?,20-/m1/s1. The van der Waals surface area contributed by atoms with E-state index in [-0.39, 0.29) is 17.4 Å². The molecule has 2 saturated heterocycles. The molecule has 2 aromatic heterocycles. The van der Waals surface area contributed by atoms with Crippen LogP contribution in [0, 0.1) is 17.6 Å². The zero-order chi connectivity index (χ0) is 24.5. The molecule has 5 rings (SSSR count). The number of primary amides is 1. The van der Waals surface area contributed by atoms with Crippen LogP contribution in [0.15, 0.2) is 41.7 Å². The average Bonchev–Trinajstić information content (AvgIpc) is 3.52. The van der Waals surface area contributed by atoms with Gasteiger partial charge >= 0.3 is 0 Å². The van der Waals surface area contributed by atoms with E-state index in [1.807, 2.05) is 16.5 Å². The fraction of sp³-hybridized carbons (Fsp3) is 0.417. The number of fused-ring (bicyclic) bond motifs is 1. The molecule has 1 aromatic carbocycles. The minimum absolute atomic E-state index is 0.120. The SMILES string of the molecule is Cn1c(SCCCN2CC3CCN(c4c(F)cccc4F)[C@@H]3C2)nnc1-c1ccc(C(N)=O)nc1. The van der Waals surface area contributed by atoms with Gasteiger partial charge in [-0.2, -0.15) is 0 Å². The summed E-state index contributed by atoms with van der Waals surface area (Å²) in [5.41, 5.74) is 6.34. The summed E-state index contributed by atoms with van der Waals surface area (Å²) in [5, 5.41) is 9.36. The van der Waals surface area contributed by atoms with Crippen molar-refractivity contribution in [2.45, 2.75) is 24.0 Å². The van der Waals surface area contributed by atoms with Crippen molar-refractivity contribution in [1.82, 2.24) is 24.6 Å². The van der Waals surface area contributed by atoms with Gasteiger partial charge in [-0.05, 0) is 49.6 Å². The molecule has 2 N–H and O–H groups in total. The fourth-order valence-corrected chi connectivity index (χ4v) is 5.92. The number of nitrogens with zero attached hydrogens (tertiary/aromatic N) is 6. The second-order valence-corrected chi connectivity index (χ2v) is 10.1. The lowest BCUT2D eigenvalue weighted by Gasteiger charge is -2.27. The maximum absolute atomic E-state index is 14.3. The molecule has 2 fully saturated rings. The van der Waals surface area contributed by atoms with Gasteiger partial charge in [-0.15, -0.1) is 10.2 Å². The zero-order valence-corrected chi connectivity index (χ0v) is 20.2. The van der Waals surface area contributed by atoms with Crippen molar-refractivity contribution in [3.05, 3.63) is 53.9 Å². The topological polar surface area (TPSA) is 93.2 Å². The Morgan fingerprint density at radius 2 is 1.97 bits per heavy atom. The molecule has 35 heavy (non-hydrogen) atoms. The van der Waals surface area contributed by atoms with Crippen LogP contribution in [0.1, 0.15) is 23.3 Å². The normalized spacial score (nSPS) is 19.9. The van der Waals surface area contributed by atoms with Crippen molar-refractivity contribution >= 4 is 23.4 Å². The molecule has 184 valence electrons. The molecule has 11 heteroatoms. The number of amides is 1. The molecule has 0 radical (unpaired) electrons. The number of carbonyl (C=O) groups is 1. The molecule has 2 aliphatic heterocycles. The predicted molar refractivity (Wildman–Crippen MR) is 130 cm³/mol. The van der Waals surface area contributed by atoms with E-state index in [2.05, 4.69) is 20.1 Å². The number of para-hydroxylation sites is 1. The molecule has 0 aliphatic carbocycles. The number of aromatic nitrogens is 4. The third-order valence-corrected chi connectivity index (χ3v) is 7.91. The van der Waals surface area contributed by atoms with E-state index in [4.69, 9.17) is 5.73 Å². The second kappa shape index (κ2) is 9.90. The number of rotatable bonds is 8. The van der Waals surface area contributed by atoms with Crippen molar-refractivity contribution < 1.29 is 13.6 Å². The molecular weight excluding hydrogens is 472 g/mol. The Morgan fingerprint density at radius 3 is 2.69 bits per heavy atom. The van der Waals surface area contributed by atoms with E-state index in [0.717, 1.165) is 48.9 Å². The van der Waals surface area contributed by atoms with Crippen LogP contribution in [0.25, 0.3) is 11.4 Å².